The zero-order valence-corrected chi connectivity index (χ0v) is 14.7. The summed E-state index contributed by atoms with van der Waals surface area (Å²) in [5, 5.41) is 1.11. The Morgan fingerprint density at radius 3 is 2.72 bits per heavy atom. The Bertz CT molecular complexity index is 745. The predicted molar refractivity (Wildman–Crippen MR) is 94.2 cm³/mol. The summed E-state index contributed by atoms with van der Waals surface area (Å²) in [6.07, 6.45) is 2.77. The van der Waals surface area contributed by atoms with Crippen molar-refractivity contribution in [3.63, 3.8) is 0 Å². The first-order valence-corrected chi connectivity index (χ1v) is 8.67. The number of amides is 1. The molecule has 25 heavy (non-hydrogen) atoms. The minimum absolute atomic E-state index is 0.00488. The number of aryl methyl sites for hydroxylation is 1. The van der Waals surface area contributed by atoms with Crippen LogP contribution in [0.5, 0.6) is 0 Å². The van der Waals surface area contributed by atoms with E-state index in [-0.39, 0.29) is 37.1 Å². The number of rotatable bonds is 5. The Morgan fingerprint density at radius 2 is 1.96 bits per heavy atom. The first kappa shape index (κ1) is 17.5. The number of carbonyl (C=O) groups is 2. The maximum Gasteiger partial charge on any atom is 0.306 e. The quantitative estimate of drug-likeness (QED) is 0.845. The highest BCUT2D eigenvalue weighted by Crippen LogP contribution is 2.19. The van der Waals surface area contributed by atoms with Gasteiger partial charge in [0, 0.05) is 36.6 Å². The average molecular weight is 344 g/mol. The number of nitrogens with zero attached hydrogens (tertiary/aromatic N) is 1. The van der Waals surface area contributed by atoms with Crippen LogP contribution in [0.15, 0.2) is 30.5 Å². The van der Waals surface area contributed by atoms with Gasteiger partial charge in [-0.3, -0.25) is 9.59 Å². The maximum absolute atomic E-state index is 12.2. The van der Waals surface area contributed by atoms with E-state index in [0.717, 1.165) is 16.5 Å². The normalized spacial score (nSPS) is 20.6. The molecule has 2 atom stereocenters. The molecule has 1 saturated heterocycles. The molecule has 1 aliphatic rings. The molecule has 1 aliphatic heterocycles. The standard InChI is InChI=1S/C19H24N2O4/c1-13-10-21(11-14(2)25-13)18(22)12-24-19(23)8-7-15-9-20-17-6-4-3-5-16(15)17/h3-6,9,13-14,20H,7-8,10-12H2,1-2H3/t13-,14-/m1/s1. The van der Waals surface area contributed by atoms with Crippen LogP contribution >= 0.6 is 0 Å². The third kappa shape index (κ3) is 4.39. The molecule has 0 radical (unpaired) electrons. The van der Waals surface area contributed by atoms with E-state index >= 15 is 0 Å². The van der Waals surface area contributed by atoms with E-state index in [2.05, 4.69) is 4.98 Å². The number of benzene rings is 1. The maximum atomic E-state index is 12.2. The molecule has 0 bridgehead atoms. The lowest BCUT2D eigenvalue weighted by Gasteiger charge is -2.35. The van der Waals surface area contributed by atoms with Crippen LogP contribution in [0.25, 0.3) is 10.9 Å². The van der Waals surface area contributed by atoms with Crippen molar-refractivity contribution in [1.82, 2.24) is 9.88 Å². The minimum Gasteiger partial charge on any atom is -0.456 e. The average Bonchev–Trinajstić information content (AvgIpc) is 3.00. The van der Waals surface area contributed by atoms with Crippen molar-refractivity contribution in [2.75, 3.05) is 19.7 Å². The molecule has 3 rings (SSSR count). The van der Waals surface area contributed by atoms with E-state index in [9.17, 15) is 9.59 Å². The lowest BCUT2D eigenvalue weighted by atomic mass is 10.1. The van der Waals surface area contributed by atoms with Gasteiger partial charge in [0.1, 0.15) is 0 Å². The van der Waals surface area contributed by atoms with Gasteiger partial charge in [-0.05, 0) is 31.9 Å². The Morgan fingerprint density at radius 1 is 1.24 bits per heavy atom. The van der Waals surface area contributed by atoms with Crippen LogP contribution in [0.3, 0.4) is 0 Å². The van der Waals surface area contributed by atoms with Gasteiger partial charge in [0.2, 0.25) is 0 Å². The van der Waals surface area contributed by atoms with Gasteiger partial charge in [-0.15, -0.1) is 0 Å². The monoisotopic (exact) mass is 344 g/mol. The highest BCUT2D eigenvalue weighted by atomic mass is 16.5. The van der Waals surface area contributed by atoms with Crippen LogP contribution < -0.4 is 0 Å². The topological polar surface area (TPSA) is 71.6 Å². The van der Waals surface area contributed by atoms with Crippen molar-refractivity contribution in [2.45, 2.75) is 38.9 Å². The lowest BCUT2D eigenvalue weighted by molar-refractivity contribution is -0.157. The van der Waals surface area contributed by atoms with E-state index in [1.165, 1.54) is 0 Å². The summed E-state index contributed by atoms with van der Waals surface area (Å²) in [6.45, 7) is 4.74. The first-order valence-electron chi connectivity index (χ1n) is 8.67. The third-order valence-electron chi connectivity index (χ3n) is 4.40. The van der Waals surface area contributed by atoms with Gasteiger partial charge in [-0.1, -0.05) is 18.2 Å². The van der Waals surface area contributed by atoms with Crippen LogP contribution in [0.2, 0.25) is 0 Å². The molecular weight excluding hydrogens is 320 g/mol. The summed E-state index contributed by atoms with van der Waals surface area (Å²) < 4.78 is 10.8. The van der Waals surface area contributed by atoms with Crippen LogP contribution in [-0.4, -0.2) is 53.7 Å². The van der Waals surface area contributed by atoms with E-state index in [0.29, 0.717) is 19.5 Å². The summed E-state index contributed by atoms with van der Waals surface area (Å²) in [5.74, 6) is -0.518. The number of para-hydroxylation sites is 1. The van der Waals surface area contributed by atoms with Crippen molar-refractivity contribution < 1.29 is 19.1 Å². The lowest BCUT2D eigenvalue weighted by Crippen LogP contribution is -2.49. The highest BCUT2D eigenvalue weighted by molar-refractivity contribution is 5.84. The Kier molecular flexibility index (Phi) is 5.38. The Hall–Kier alpha value is -2.34. The molecular formula is C19H24N2O4. The Labute approximate surface area is 147 Å². The van der Waals surface area contributed by atoms with Gasteiger partial charge in [-0.2, -0.15) is 0 Å². The molecule has 1 aromatic carbocycles. The summed E-state index contributed by atoms with van der Waals surface area (Å²) in [5.41, 5.74) is 2.13. The molecule has 0 aliphatic carbocycles. The second-order valence-corrected chi connectivity index (χ2v) is 6.58. The number of aromatic nitrogens is 1. The van der Waals surface area contributed by atoms with E-state index in [1.54, 1.807) is 4.90 Å². The number of aromatic amines is 1. The van der Waals surface area contributed by atoms with E-state index in [4.69, 9.17) is 9.47 Å². The number of ether oxygens (including phenoxy) is 2. The summed E-state index contributed by atoms with van der Waals surface area (Å²) in [7, 11) is 0. The molecule has 134 valence electrons. The summed E-state index contributed by atoms with van der Waals surface area (Å²) in [4.78, 5) is 29.0. The summed E-state index contributed by atoms with van der Waals surface area (Å²) >= 11 is 0. The van der Waals surface area contributed by atoms with Crippen molar-refractivity contribution in [2.24, 2.45) is 0 Å². The smallest absolute Gasteiger partial charge is 0.306 e. The van der Waals surface area contributed by atoms with Gasteiger partial charge < -0.3 is 19.4 Å². The Balaban J connectivity index is 1.46. The molecule has 1 amide bonds. The highest BCUT2D eigenvalue weighted by Gasteiger charge is 2.26. The molecule has 6 nitrogen and oxygen atoms in total. The molecule has 0 unspecified atom stereocenters. The van der Waals surface area contributed by atoms with Gasteiger partial charge in [-0.25, -0.2) is 0 Å². The molecule has 2 heterocycles. The van der Waals surface area contributed by atoms with E-state index in [1.807, 2.05) is 44.3 Å². The van der Waals surface area contributed by atoms with E-state index < -0.39 is 0 Å². The minimum atomic E-state index is -0.354. The van der Waals surface area contributed by atoms with Crippen LogP contribution in [0, 0.1) is 0 Å². The number of hydrogen-bond acceptors (Lipinski definition) is 4. The first-order chi connectivity index (χ1) is 12.0. The molecule has 0 saturated carbocycles. The van der Waals surface area contributed by atoms with Gasteiger partial charge in [0.05, 0.1) is 12.2 Å². The van der Waals surface area contributed by atoms with Gasteiger partial charge in [0.25, 0.3) is 5.91 Å². The van der Waals surface area contributed by atoms with Crippen molar-refractivity contribution in [1.29, 1.82) is 0 Å². The fourth-order valence-corrected chi connectivity index (χ4v) is 3.26. The second kappa shape index (κ2) is 7.70. The number of esters is 1. The van der Waals surface area contributed by atoms with Crippen LogP contribution in [-0.2, 0) is 25.5 Å². The number of fused-ring (bicyclic) bond motifs is 1. The van der Waals surface area contributed by atoms with Crippen molar-refractivity contribution in [3.8, 4) is 0 Å². The fraction of sp³-hybridized carbons (Fsp3) is 0.474. The molecule has 0 spiro atoms. The molecule has 2 aromatic rings. The summed E-state index contributed by atoms with van der Waals surface area (Å²) in [6, 6.07) is 7.97. The van der Waals surface area contributed by atoms with Crippen LogP contribution in [0.1, 0.15) is 25.8 Å². The number of nitrogens with one attached hydrogen (secondary N) is 1. The van der Waals surface area contributed by atoms with Crippen molar-refractivity contribution in [3.05, 3.63) is 36.0 Å². The van der Waals surface area contributed by atoms with Gasteiger partial charge in [0.15, 0.2) is 6.61 Å². The largest absolute Gasteiger partial charge is 0.456 e. The molecule has 1 N–H and O–H groups in total. The predicted octanol–water partition coefficient (Wildman–Crippen LogP) is 2.28. The fourth-order valence-electron chi connectivity index (χ4n) is 3.26. The molecule has 6 heteroatoms. The number of hydrogen-bond donors (Lipinski definition) is 1. The second-order valence-electron chi connectivity index (χ2n) is 6.58. The zero-order chi connectivity index (χ0) is 17.8. The molecule has 1 aromatic heterocycles. The third-order valence-corrected chi connectivity index (χ3v) is 4.40. The number of carbonyl (C=O) groups excluding carboxylic acids is 2. The van der Waals surface area contributed by atoms with Gasteiger partial charge >= 0.3 is 5.97 Å². The van der Waals surface area contributed by atoms with Crippen molar-refractivity contribution >= 4 is 22.8 Å². The number of morpholine rings is 1. The number of H-pyrrole nitrogens is 1. The molecule has 1 fully saturated rings. The zero-order valence-electron chi connectivity index (χ0n) is 14.7. The van der Waals surface area contributed by atoms with Crippen LogP contribution in [0.4, 0.5) is 0 Å². The SMILES string of the molecule is C[C@@H]1CN(C(=O)COC(=O)CCc2c[nH]c3ccccc23)C[C@@H](C)O1.